The molecular formula is C11H14BrNO. The van der Waals surface area contributed by atoms with Gasteiger partial charge in [-0.05, 0) is 30.7 Å². The second kappa shape index (κ2) is 4.43. The van der Waals surface area contributed by atoms with Crippen LogP contribution < -0.4 is 5.32 Å². The van der Waals surface area contributed by atoms with Crippen molar-refractivity contribution >= 4 is 15.9 Å². The van der Waals surface area contributed by atoms with Gasteiger partial charge in [-0.25, -0.2) is 0 Å². The maximum absolute atomic E-state index is 5.44. The molecule has 1 N–H and O–H groups in total. The van der Waals surface area contributed by atoms with E-state index in [-0.39, 0.29) is 0 Å². The summed E-state index contributed by atoms with van der Waals surface area (Å²) < 4.78 is 6.56. The summed E-state index contributed by atoms with van der Waals surface area (Å²) in [7, 11) is 1.78. The van der Waals surface area contributed by atoms with Crippen LogP contribution in [0.3, 0.4) is 0 Å². The molecule has 2 rings (SSSR count). The third-order valence-corrected chi connectivity index (χ3v) is 3.17. The Labute approximate surface area is 92.8 Å². The molecule has 1 saturated heterocycles. The van der Waals surface area contributed by atoms with Gasteiger partial charge in [0.2, 0.25) is 0 Å². The largest absolute Gasteiger partial charge is 0.379 e. The molecule has 2 unspecified atom stereocenters. The Kier molecular flexibility index (Phi) is 3.21. The maximum atomic E-state index is 5.44. The standard InChI is InChI=1S/C11H14BrNO/c1-14-10-5-6-13-11(10)8-3-2-4-9(12)7-8/h2-4,7,10-11,13H,5-6H2,1H3. The van der Waals surface area contributed by atoms with E-state index >= 15 is 0 Å². The zero-order valence-electron chi connectivity index (χ0n) is 8.16. The Hall–Kier alpha value is -0.380. The summed E-state index contributed by atoms with van der Waals surface area (Å²) in [5.74, 6) is 0. The van der Waals surface area contributed by atoms with Gasteiger partial charge in [-0.3, -0.25) is 0 Å². The van der Waals surface area contributed by atoms with E-state index in [4.69, 9.17) is 4.74 Å². The van der Waals surface area contributed by atoms with Crippen molar-refractivity contribution < 1.29 is 4.74 Å². The third-order valence-electron chi connectivity index (χ3n) is 2.68. The second-order valence-corrected chi connectivity index (χ2v) is 4.47. The molecule has 1 aromatic rings. The molecule has 0 aromatic heterocycles. The number of methoxy groups -OCH3 is 1. The molecule has 0 radical (unpaired) electrons. The summed E-state index contributed by atoms with van der Waals surface area (Å²) in [6.45, 7) is 1.04. The van der Waals surface area contributed by atoms with E-state index in [2.05, 4.69) is 39.4 Å². The van der Waals surface area contributed by atoms with Gasteiger partial charge in [-0.1, -0.05) is 28.1 Å². The topological polar surface area (TPSA) is 21.3 Å². The molecule has 1 heterocycles. The summed E-state index contributed by atoms with van der Waals surface area (Å²) in [6.07, 6.45) is 1.40. The first-order chi connectivity index (χ1) is 6.81. The van der Waals surface area contributed by atoms with Gasteiger partial charge in [0.25, 0.3) is 0 Å². The van der Waals surface area contributed by atoms with Crippen LogP contribution in [0.2, 0.25) is 0 Å². The van der Waals surface area contributed by atoms with Crippen molar-refractivity contribution in [1.82, 2.24) is 5.32 Å². The molecule has 1 aliphatic heterocycles. The Morgan fingerprint density at radius 2 is 2.36 bits per heavy atom. The molecule has 0 amide bonds. The number of hydrogen-bond acceptors (Lipinski definition) is 2. The monoisotopic (exact) mass is 255 g/mol. The molecule has 3 heteroatoms. The fraction of sp³-hybridized carbons (Fsp3) is 0.455. The van der Waals surface area contributed by atoms with Crippen LogP contribution in [0.4, 0.5) is 0 Å². The highest BCUT2D eigenvalue weighted by atomic mass is 79.9. The summed E-state index contributed by atoms with van der Waals surface area (Å²) in [5.41, 5.74) is 1.30. The predicted octanol–water partition coefficient (Wildman–Crippen LogP) is 2.50. The number of hydrogen-bond donors (Lipinski definition) is 1. The molecule has 2 nitrogen and oxygen atoms in total. The first kappa shape index (κ1) is 10.1. The van der Waals surface area contributed by atoms with E-state index in [1.54, 1.807) is 7.11 Å². The predicted molar refractivity (Wildman–Crippen MR) is 60.3 cm³/mol. The summed E-state index contributed by atoms with van der Waals surface area (Å²) in [6, 6.07) is 8.73. The highest BCUT2D eigenvalue weighted by molar-refractivity contribution is 9.10. The van der Waals surface area contributed by atoms with Gasteiger partial charge in [-0.2, -0.15) is 0 Å². The van der Waals surface area contributed by atoms with Crippen LogP contribution in [0.25, 0.3) is 0 Å². The average molecular weight is 256 g/mol. The van der Waals surface area contributed by atoms with Crippen LogP contribution in [-0.4, -0.2) is 19.8 Å². The van der Waals surface area contributed by atoms with Gasteiger partial charge in [0.05, 0.1) is 12.1 Å². The lowest BCUT2D eigenvalue weighted by Crippen LogP contribution is -2.22. The van der Waals surface area contributed by atoms with Crippen molar-refractivity contribution in [2.24, 2.45) is 0 Å². The number of benzene rings is 1. The van der Waals surface area contributed by atoms with Crippen LogP contribution in [0.1, 0.15) is 18.0 Å². The van der Waals surface area contributed by atoms with Crippen LogP contribution >= 0.6 is 15.9 Å². The molecule has 0 aliphatic carbocycles. The van der Waals surface area contributed by atoms with Crippen molar-refractivity contribution in [1.29, 1.82) is 0 Å². The van der Waals surface area contributed by atoms with Crippen molar-refractivity contribution in [3.8, 4) is 0 Å². The molecule has 0 bridgehead atoms. The highest BCUT2D eigenvalue weighted by Crippen LogP contribution is 2.27. The van der Waals surface area contributed by atoms with Gasteiger partial charge >= 0.3 is 0 Å². The van der Waals surface area contributed by atoms with Crippen molar-refractivity contribution in [2.45, 2.75) is 18.6 Å². The van der Waals surface area contributed by atoms with Gasteiger partial charge < -0.3 is 10.1 Å². The Balaban J connectivity index is 2.21. The summed E-state index contributed by atoms with van der Waals surface area (Å²) in [5, 5.41) is 3.46. The minimum atomic E-state index is 0.310. The van der Waals surface area contributed by atoms with E-state index in [1.807, 2.05) is 6.07 Å². The van der Waals surface area contributed by atoms with E-state index in [0.29, 0.717) is 12.1 Å². The SMILES string of the molecule is COC1CCNC1c1cccc(Br)c1. The summed E-state index contributed by atoms with van der Waals surface area (Å²) >= 11 is 3.48. The molecular weight excluding hydrogens is 242 g/mol. The Morgan fingerprint density at radius 1 is 1.50 bits per heavy atom. The zero-order valence-corrected chi connectivity index (χ0v) is 9.75. The fourth-order valence-corrected chi connectivity index (χ4v) is 2.38. The number of halogens is 1. The molecule has 1 fully saturated rings. The average Bonchev–Trinajstić information content (AvgIpc) is 2.65. The van der Waals surface area contributed by atoms with Crippen molar-refractivity contribution in [2.75, 3.05) is 13.7 Å². The lowest BCUT2D eigenvalue weighted by Gasteiger charge is -2.18. The van der Waals surface area contributed by atoms with Crippen LogP contribution in [-0.2, 0) is 4.74 Å². The molecule has 0 spiro atoms. The Bertz CT molecular complexity index is 316. The Morgan fingerprint density at radius 3 is 3.07 bits per heavy atom. The quantitative estimate of drug-likeness (QED) is 0.877. The van der Waals surface area contributed by atoms with Crippen molar-refractivity contribution in [3.63, 3.8) is 0 Å². The fourth-order valence-electron chi connectivity index (χ4n) is 1.97. The lowest BCUT2D eigenvalue weighted by atomic mass is 10.0. The molecule has 1 aromatic carbocycles. The number of ether oxygens (including phenoxy) is 1. The van der Waals surface area contributed by atoms with E-state index in [9.17, 15) is 0 Å². The molecule has 2 atom stereocenters. The van der Waals surface area contributed by atoms with Crippen LogP contribution in [0.15, 0.2) is 28.7 Å². The van der Waals surface area contributed by atoms with Gasteiger partial charge in [0, 0.05) is 11.6 Å². The van der Waals surface area contributed by atoms with Crippen molar-refractivity contribution in [3.05, 3.63) is 34.3 Å². The van der Waals surface area contributed by atoms with Crippen LogP contribution in [0, 0.1) is 0 Å². The molecule has 0 saturated carbocycles. The number of rotatable bonds is 2. The van der Waals surface area contributed by atoms with Crippen LogP contribution in [0.5, 0.6) is 0 Å². The normalized spacial score (nSPS) is 26.7. The second-order valence-electron chi connectivity index (χ2n) is 3.55. The maximum Gasteiger partial charge on any atom is 0.0778 e. The first-order valence-corrected chi connectivity index (χ1v) is 5.62. The zero-order chi connectivity index (χ0) is 9.97. The number of nitrogens with one attached hydrogen (secondary N) is 1. The highest BCUT2D eigenvalue weighted by Gasteiger charge is 2.27. The minimum Gasteiger partial charge on any atom is -0.379 e. The van der Waals surface area contributed by atoms with E-state index in [0.717, 1.165) is 17.4 Å². The van der Waals surface area contributed by atoms with E-state index < -0.39 is 0 Å². The molecule has 1 aliphatic rings. The molecule has 76 valence electrons. The molecule has 14 heavy (non-hydrogen) atoms. The summed E-state index contributed by atoms with van der Waals surface area (Å²) in [4.78, 5) is 0. The van der Waals surface area contributed by atoms with Gasteiger partial charge in [-0.15, -0.1) is 0 Å². The minimum absolute atomic E-state index is 0.310. The third kappa shape index (κ3) is 2.00. The van der Waals surface area contributed by atoms with E-state index in [1.165, 1.54) is 5.56 Å². The van der Waals surface area contributed by atoms with Gasteiger partial charge in [0.1, 0.15) is 0 Å². The lowest BCUT2D eigenvalue weighted by molar-refractivity contribution is 0.0920. The smallest absolute Gasteiger partial charge is 0.0778 e. The first-order valence-electron chi connectivity index (χ1n) is 4.83. The van der Waals surface area contributed by atoms with Gasteiger partial charge in [0.15, 0.2) is 0 Å².